The molecule has 0 aliphatic heterocycles. The van der Waals surface area contributed by atoms with Crippen molar-refractivity contribution < 1.29 is 18.3 Å². The van der Waals surface area contributed by atoms with E-state index in [9.17, 15) is 13.6 Å². The zero-order valence-electron chi connectivity index (χ0n) is 15.2. The Hall–Kier alpha value is -3.48. The second-order valence-corrected chi connectivity index (χ2v) is 6.04. The summed E-state index contributed by atoms with van der Waals surface area (Å²) < 4.78 is 31.5. The first kappa shape index (κ1) is 19.3. The minimum atomic E-state index is -1.03. The molecule has 0 fully saturated rings. The molecule has 2 N–H and O–H groups in total. The molecule has 3 aromatic rings. The number of rotatable bonds is 7. The van der Waals surface area contributed by atoms with E-state index in [0.29, 0.717) is 6.54 Å². The summed E-state index contributed by atoms with van der Waals surface area (Å²) in [5.74, 6) is -1.71. The summed E-state index contributed by atoms with van der Waals surface area (Å²) in [6.07, 6.45) is 2.28. The van der Waals surface area contributed by atoms with Crippen molar-refractivity contribution in [1.29, 1.82) is 0 Å². The van der Waals surface area contributed by atoms with Gasteiger partial charge in [-0.3, -0.25) is 9.78 Å². The molecule has 0 spiro atoms. The van der Waals surface area contributed by atoms with E-state index in [4.69, 9.17) is 4.74 Å². The second kappa shape index (κ2) is 8.94. The highest BCUT2D eigenvalue weighted by molar-refractivity contribution is 6.03. The topological polar surface area (TPSA) is 63.2 Å². The fourth-order valence-corrected chi connectivity index (χ4v) is 2.61. The van der Waals surface area contributed by atoms with Gasteiger partial charge in [0.15, 0.2) is 11.6 Å². The van der Waals surface area contributed by atoms with Gasteiger partial charge in [-0.1, -0.05) is 12.1 Å². The van der Waals surface area contributed by atoms with Crippen molar-refractivity contribution in [3.63, 3.8) is 0 Å². The molecule has 0 atom stereocenters. The number of benzene rings is 2. The van der Waals surface area contributed by atoms with E-state index in [1.165, 1.54) is 12.3 Å². The largest absolute Gasteiger partial charge is 0.497 e. The van der Waals surface area contributed by atoms with Crippen LogP contribution in [0.15, 0.2) is 60.8 Å². The fraction of sp³-hybridized carbons (Fsp3) is 0.143. The number of ether oxygens (including phenoxy) is 1. The molecule has 144 valence electrons. The summed E-state index contributed by atoms with van der Waals surface area (Å²) in [5.41, 5.74) is 2.17. The summed E-state index contributed by atoms with van der Waals surface area (Å²) in [4.78, 5) is 16.3. The molecule has 1 heterocycles. The average molecular weight is 383 g/mol. The quantitative estimate of drug-likeness (QED) is 0.639. The first-order valence-electron chi connectivity index (χ1n) is 8.64. The number of carbonyl (C=O) groups excluding carboxylic acids is 1. The van der Waals surface area contributed by atoms with Crippen LogP contribution in [0.2, 0.25) is 0 Å². The van der Waals surface area contributed by atoms with Gasteiger partial charge < -0.3 is 15.4 Å². The molecule has 0 saturated carbocycles. The fourth-order valence-electron chi connectivity index (χ4n) is 2.61. The molecular weight excluding hydrogens is 364 g/mol. The lowest BCUT2D eigenvalue weighted by Gasteiger charge is -2.09. The van der Waals surface area contributed by atoms with E-state index in [1.54, 1.807) is 19.2 Å². The molecular formula is C21H19F2N3O2. The van der Waals surface area contributed by atoms with Crippen LogP contribution >= 0.6 is 0 Å². The van der Waals surface area contributed by atoms with Crippen LogP contribution in [0.25, 0.3) is 0 Å². The monoisotopic (exact) mass is 383 g/mol. The highest BCUT2D eigenvalue weighted by Gasteiger charge is 2.10. The molecule has 5 nitrogen and oxygen atoms in total. The van der Waals surface area contributed by atoms with Crippen LogP contribution in [0.4, 0.5) is 20.2 Å². The summed E-state index contributed by atoms with van der Waals surface area (Å²) in [5, 5.41) is 5.73. The van der Waals surface area contributed by atoms with E-state index in [0.717, 1.165) is 35.6 Å². The van der Waals surface area contributed by atoms with Gasteiger partial charge in [0.05, 0.1) is 7.11 Å². The first-order valence-corrected chi connectivity index (χ1v) is 8.64. The molecule has 0 unspecified atom stereocenters. The molecule has 0 saturated heterocycles. The summed E-state index contributed by atoms with van der Waals surface area (Å²) in [6, 6.07) is 14.3. The van der Waals surface area contributed by atoms with Crippen molar-refractivity contribution >= 4 is 17.3 Å². The number of nitrogens with one attached hydrogen (secondary N) is 2. The number of methoxy groups -OCH3 is 1. The van der Waals surface area contributed by atoms with E-state index >= 15 is 0 Å². The third-order valence-electron chi connectivity index (χ3n) is 4.05. The predicted molar refractivity (Wildman–Crippen MR) is 104 cm³/mol. The van der Waals surface area contributed by atoms with Gasteiger partial charge in [0, 0.05) is 30.2 Å². The number of amides is 1. The van der Waals surface area contributed by atoms with Crippen LogP contribution < -0.4 is 15.4 Å². The number of pyridine rings is 1. The molecule has 2 aromatic carbocycles. The minimum absolute atomic E-state index is 0.155. The normalized spacial score (nSPS) is 10.4. The van der Waals surface area contributed by atoms with Gasteiger partial charge in [-0.25, -0.2) is 8.78 Å². The van der Waals surface area contributed by atoms with Crippen molar-refractivity contribution in [2.75, 3.05) is 24.3 Å². The Morgan fingerprint density at radius 3 is 2.68 bits per heavy atom. The Labute approximate surface area is 161 Å². The molecule has 0 aliphatic rings. The van der Waals surface area contributed by atoms with Crippen molar-refractivity contribution in [3.8, 4) is 5.75 Å². The Morgan fingerprint density at radius 2 is 1.89 bits per heavy atom. The average Bonchev–Trinajstić information content (AvgIpc) is 2.71. The Bertz CT molecular complexity index is 979. The summed E-state index contributed by atoms with van der Waals surface area (Å²) in [6.45, 7) is 0.654. The predicted octanol–water partition coefficient (Wildman–Crippen LogP) is 4.28. The second-order valence-electron chi connectivity index (χ2n) is 6.04. The molecule has 1 amide bonds. The third kappa shape index (κ3) is 5.03. The van der Waals surface area contributed by atoms with E-state index in [2.05, 4.69) is 15.6 Å². The molecule has 0 radical (unpaired) electrons. The van der Waals surface area contributed by atoms with E-state index in [-0.39, 0.29) is 11.4 Å². The Morgan fingerprint density at radius 1 is 1.04 bits per heavy atom. The minimum Gasteiger partial charge on any atom is -0.497 e. The SMILES string of the molecule is COc1cccc(CCNc2ccnc(C(=O)Nc3ccc(F)c(F)c3)c2)c1. The number of hydrogen-bond acceptors (Lipinski definition) is 4. The summed E-state index contributed by atoms with van der Waals surface area (Å²) >= 11 is 0. The van der Waals surface area contributed by atoms with Gasteiger partial charge in [-0.05, 0) is 48.4 Å². The van der Waals surface area contributed by atoms with Crippen LogP contribution in [0.5, 0.6) is 5.75 Å². The lowest BCUT2D eigenvalue weighted by molar-refractivity contribution is 0.102. The lowest BCUT2D eigenvalue weighted by atomic mass is 10.1. The molecule has 28 heavy (non-hydrogen) atoms. The van der Waals surface area contributed by atoms with Crippen LogP contribution in [0, 0.1) is 11.6 Å². The first-order chi connectivity index (χ1) is 13.5. The number of halogens is 2. The summed E-state index contributed by atoms with van der Waals surface area (Å²) in [7, 11) is 1.63. The maximum Gasteiger partial charge on any atom is 0.274 e. The smallest absolute Gasteiger partial charge is 0.274 e. The number of nitrogens with zero attached hydrogens (tertiary/aromatic N) is 1. The standard InChI is InChI=1S/C21H19F2N3O2/c1-28-17-4-2-3-14(11-17)7-9-24-15-8-10-25-20(13-15)21(27)26-16-5-6-18(22)19(23)12-16/h2-6,8,10-13H,7,9H2,1H3,(H,24,25)(H,26,27). The Kier molecular flexibility index (Phi) is 6.16. The highest BCUT2D eigenvalue weighted by Crippen LogP contribution is 2.16. The molecule has 7 heteroatoms. The zero-order valence-corrected chi connectivity index (χ0v) is 15.2. The maximum atomic E-state index is 13.3. The maximum absolute atomic E-state index is 13.3. The number of aromatic nitrogens is 1. The third-order valence-corrected chi connectivity index (χ3v) is 4.05. The van der Waals surface area contributed by atoms with Gasteiger partial charge >= 0.3 is 0 Å². The van der Waals surface area contributed by atoms with Crippen LogP contribution in [0.1, 0.15) is 16.1 Å². The van der Waals surface area contributed by atoms with Crippen LogP contribution in [0.3, 0.4) is 0 Å². The zero-order chi connectivity index (χ0) is 19.9. The highest BCUT2D eigenvalue weighted by atomic mass is 19.2. The number of carbonyl (C=O) groups is 1. The molecule has 1 aromatic heterocycles. The van der Waals surface area contributed by atoms with E-state index < -0.39 is 17.5 Å². The van der Waals surface area contributed by atoms with Crippen molar-refractivity contribution in [1.82, 2.24) is 4.98 Å². The molecule has 0 bridgehead atoms. The molecule has 0 aliphatic carbocycles. The number of anilines is 2. The number of hydrogen-bond donors (Lipinski definition) is 2. The molecule has 3 rings (SSSR count). The van der Waals surface area contributed by atoms with Crippen molar-refractivity contribution in [2.24, 2.45) is 0 Å². The van der Waals surface area contributed by atoms with Crippen molar-refractivity contribution in [3.05, 3.63) is 83.7 Å². The lowest BCUT2D eigenvalue weighted by Crippen LogP contribution is -2.14. The van der Waals surface area contributed by atoms with Gasteiger partial charge in [-0.15, -0.1) is 0 Å². The van der Waals surface area contributed by atoms with E-state index in [1.807, 2.05) is 24.3 Å². The van der Waals surface area contributed by atoms with Crippen molar-refractivity contribution in [2.45, 2.75) is 6.42 Å². The Balaban J connectivity index is 1.59. The van der Waals surface area contributed by atoms with Crippen LogP contribution in [-0.4, -0.2) is 24.5 Å². The van der Waals surface area contributed by atoms with Gasteiger partial charge in [0.2, 0.25) is 0 Å². The van der Waals surface area contributed by atoms with Gasteiger partial charge in [0.1, 0.15) is 11.4 Å². The van der Waals surface area contributed by atoms with Gasteiger partial charge in [-0.2, -0.15) is 0 Å². The van der Waals surface area contributed by atoms with Crippen LogP contribution in [-0.2, 0) is 6.42 Å². The van der Waals surface area contributed by atoms with Gasteiger partial charge in [0.25, 0.3) is 5.91 Å².